The number of hydrogen-bond donors (Lipinski definition) is 0. The lowest BCUT2D eigenvalue weighted by Gasteiger charge is -2.32. The highest BCUT2D eigenvalue weighted by Crippen LogP contribution is 2.38. The fourth-order valence-corrected chi connectivity index (χ4v) is 5.62. The Hall–Kier alpha value is -0.780. The van der Waals surface area contributed by atoms with Gasteiger partial charge in [0, 0.05) is 0 Å². The van der Waals surface area contributed by atoms with E-state index in [4.69, 9.17) is 0 Å². The van der Waals surface area contributed by atoms with Crippen LogP contribution < -0.4 is 0 Å². The zero-order valence-electron chi connectivity index (χ0n) is 17.5. The van der Waals surface area contributed by atoms with Gasteiger partial charge in [-0.2, -0.15) is 0 Å². The maximum atomic E-state index is 2.35. The van der Waals surface area contributed by atoms with Crippen molar-refractivity contribution in [1.82, 2.24) is 0 Å². The van der Waals surface area contributed by atoms with Gasteiger partial charge in [0.15, 0.2) is 0 Å². The van der Waals surface area contributed by atoms with Gasteiger partial charge in [-0.05, 0) is 49.0 Å². The van der Waals surface area contributed by atoms with Crippen molar-refractivity contribution in [2.45, 2.75) is 104 Å². The van der Waals surface area contributed by atoms with Crippen LogP contribution in [0.5, 0.6) is 0 Å². The first-order valence-electron chi connectivity index (χ1n) is 11.8. The molecule has 1 aromatic rings. The molecular formula is C26H42. The molecule has 0 heterocycles. The minimum absolute atomic E-state index is 0.997. The van der Waals surface area contributed by atoms with Crippen LogP contribution in [-0.2, 0) is 6.42 Å². The van der Waals surface area contributed by atoms with Crippen molar-refractivity contribution in [2.75, 3.05) is 0 Å². The summed E-state index contributed by atoms with van der Waals surface area (Å²) in [5, 5.41) is 0. The second-order valence-electron chi connectivity index (χ2n) is 9.66. The Morgan fingerprint density at radius 3 is 1.50 bits per heavy atom. The third-order valence-corrected chi connectivity index (χ3v) is 7.57. The molecule has 0 N–H and O–H groups in total. The van der Waals surface area contributed by atoms with E-state index in [1.54, 1.807) is 0 Å². The van der Waals surface area contributed by atoms with Crippen molar-refractivity contribution in [3.63, 3.8) is 0 Å². The van der Waals surface area contributed by atoms with Crippen LogP contribution in [-0.4, -0.2) is 0 Å². The van der Waals surface area contributed by atoms with Gasteiger partial charge in [-0.3, -0.25) is 0 Å². The summed E-state index contributed by atoms with van der Waals surface area (Å²) in [7, 11) is 0. The molecule has 0 nitrogen and oxygen atoms in total. The number of aryl methyl sites for hydroxylation is 2. The molecule has 146 valence electrons. The van der Waals surface area contributed by atoms with E-state index < -0.39 is 0 Å². The monoisotopic (exact) mass is 354 g/mol. The molecule has 0 amide bonds. The summed E-state index contributed by atoms with van der Waals surface area (Å²) in [5.41, 5.74) is 2.92. The van der Waals surface area contributed by atoms with Gasteiger partial charge < -0.3 is 0 Å². The lowest BCUT2D eigenvalue weighted by molar-refractivity contribution is 0.209. The quantitative estimate of drug-likeness (QED) is 0.442. The van der Waals surface area contributed by atoms with Crippen LogP contribution in [0, 0.1) is 30.6 Å². The van der Waals surface area contributed by atoms with Gasteiger partial charge in [0.2, 0.25) is 0 Å². The molecule has 0 atom stereocenters. The van der Waals surface area contributed by atoms with Gasteiger partial charge in [0.1, 0.15) is 0 Å². The van der Waals surface area contributed by atoms with E-state index in [-0.39, 0.29) is 0 Å². The standard InChI is InChI=1S/C26H42/c1-3-4-22-9-11-24(12-10-22)15-16-26-19-17-25(18-20-26)14-13-23-7-5-21(2)6-8-23/h5-8,22,24-26H,3-4,9-20H2,1-2H3. The summed E-state index contributed by atoms with van der Waals surface area (Å²) in [6.07, 6.45) is 20.8. The van der Waals surface area contributed by atoms with Crippen molar-refractivity contribution < 1.29 is 0 Å². The zero-order chi connectivity index (χ0) is 18.2. The molecule has 3 rings (SSSR count). The Morgan fingerprint density at radius 1 is 0.615 bits per heavy atom. The summed E-state index contributed by atoms with van der Waals surface area (Å²) in [6, 6.07) is 9.19. The first-order chi connectivity index (χ1) is 12.7. The highest BCUT2D eigenvalue weighted by atomic mass is 14.3. The summed E-state index contributed by atoms with van der Waals surface area (Å²) in [5.74, 6) is 4.19. The third kappa shape index (κ3) is 6.43. The maximum Gasteiger partial charge on any atom is -0.0276 e. The Labute approximate surface area is 163 Å². The molecule has 1 aromatic carbocycles. The van der Waals surface area contributed by atoms with Gasteiger partial charge in [0.25, 0.3) is 0 Å². The molecular weight excluding hydrogens is 312 g/mol. The average molecular weight is 355 g/mol. The van der Waals surface area contributed by atoms with Crippen LogP contribution in [0.2, 0.25) is 0 Å². The smallest absolute Gasteiger partial charge is 0.0276 e. The van der Waals surface area contributed by atoms with Gasteiger partial charge >= 0.3 is 0 Å². The predicted octanol–water partition coefficient (Wildman–Crippen LogP) is 8.12. The summed E-state index contributed by atoms with van der Waals surface area (Å²) >= 11 is 0. The summed E-state index contributed by atoms with van der Waals surface area (Å²) in [6.45, 7) is 4.53. The predicted molar refractivity (Wildman–Crippen MR) is 115 cm³/mol. The SMILES string of the molecule is CCCC1CCC(CCC2CCC(CCc3ccc(C)cc3)CC2)CC1. The number of hydrogen-bond acceptors (Lipinski definition) is 0. The first kappa shape index (κ1) is 20.0. The van der Waals surface area contributed by atoms with E-state index in [1.807, 2.05) is 0 Å². The minimum Gasteiger partial charge on any atom is -0.0654 e. The fraction of sp³-hybridized carbons (Fsp3) is 0.769. The molecule has 0 unspecified atom stereocenters. The first-order valence-corrected chi connectivity index (χ1v) is 11.8. The van der Waals surface area contributed by atoms with Crippen LogP contribution in [0.4, 0.5) is 0 Å². The van der Waals surface area contributed by atoms with Gasteiger partial charge in [0.05, 0.1) is 0 Å². The molecule has 0 spiro atoms. The Morgan fingerprint density at radius 2 is 1.04 bits per heavy atom. The second-order valence-corrected chi connectivity index (χ2v) is 9.66. The highest BCUT2D eigenvalue weighted by molar-refractivity contribution is 5.21. The Balaban J connectivity index is 1.27. The summed E-state index contributed by atoms with van der Waals surface area (Å²) < 4.78 is 0. The van der Waals surface area contributed by atoms with Gasteiger partial charge in [-0.15, -0.1) is 0 Å². The van der Waals surface area contributed by atoms with E-state index in [2.05, 4.69) is 38.1 Å². The Kier molecular flexibility index (Phi) is 8.08. The van der Waals surface area contributed by atoms with E-state index in [9.17, 15) is 0 Å². The van der Waals surface area contributed by atoms with Gasteiger partial charge in [-0.25, -0.2) is 0 Å². The zero-order valence-corrected chi connectivity index (χ0v) is 17.5. The van der Waals surface area contributed by atoms with Crippen LogP contribution in [0.3, 0.4) is 0 Å². The van der Waals surface area contributed by atoms with E-state index >= 15 is 0 Å². The maximum absolute atomic E-state index is 2.35. The van der Waals surface area contributed by atoms with Crippen molar-refractivity contribution in [2.24, 2.45) is 23.7 Å². The normalized spacial score (nSPS) is 29.6. The molecule has 0 aromatic heterocycles. The van der Waals surface area contributed by atoms with Crippen molar-refractivity contribution in [3.8, 4) is 0 Å². The van der Waals surface area contributed by atoms with Gasteiger partial charge in [-0.1, -0.05) is 114 Å². The van der Waals surface area contributed by atoms with Crippen LogP contribution >= 0.6 is 0 Å². The lowest BCUT2D eigenvalue weighted by atomic mass is 9.74. The molecule has 2 aliphatic carbocycles. The van der Waals surface area contributed by atoms with Crippen molar-refractivity contribution >= 4 is 0 Å². The van der Waals surface area contributed by atoms with E-state index in [1.165, 1.54) is 101 Å². The van der Waals surface area contributed by atoms with Crippen molar-refractivity contribution in [1.29, 1.82) is 0 Å². The molecule has 2 aliphatic rings. The van der Waals surface area contributed by atoms with Crippen LogP contribution in [0.1, 0.15) is 102 Å². The van der Waals surface area contributed by atoms with E-state index in [0.29, 0.717) is 0 Å². The molecule has 0 saturated heterocycles. The molecule has 0 heteroatoms. The van der Waals surface area contributed by atoms with Crippen LogP contribution in [0.25, 0.3) is 0 Å². The van der Waals surface area contributed by atoms with Crippen LogP contribution in [0.15, 0.2) is 24.3 Å². The molecule has 0 aliphatic heterocycles. The topological polar surface area (TPSA) is 0 Å². The number of benzene rings is 1. The largest absolute Gasteiger partial charge is 0.0654 e. The van der Waals surface area contributed by atoms with Crippen molar-refractivity contribution in [3.05, 3.63) is 35.4 Å². The molecule has 0 radical (unpaired) electrons. The molecule has 0 bridgehead atoms. The Bertz CT molecular complexity index is 483. The minimum atomic E-state index is 0.997. The second kappa shape index (κ2) is 10.5. The fourth-order valence-electron chi connectivity index (χ4n) is 5.62. The average Bonchev–Trinajstić information content (AvgIpc) is 2.68. The summed E-state index contributed by atoms with van der Waals surface area (Å²) in [4.78, 5) is 0. The highest BCUT2D eigenvalue weighted by Gasteiger charge is 2.24. The molecule has 2 fully saturated rings. The van der Waals surface area contributed by atoms with E-state index in [0.717, 1.165) is 23.7 Å². The number of rotatable bonds is 8. The lowest BCUT2D eigenvalue weighted by Crippen LogP contribution is -2.18. The molecule has 2 saturated carbocycles. The molecule has 26 heavy (non-hydrogen) atoms. The third-order valence-electron chi connectivity index (χ3n) is 7.57.